The Hall–Kier alpha value is -0.160. The van der Waals surface area contributed by atoms with Gasteiger partial charge in [0.15, 0.2) is 0 Å². The van der Waals surface area contributed by atoms with Crippen LogP contribution in [0.15, 0.2) is 0 Å². The molecule has 2 heterocycles. The van der Waals surface area contributed by atoms with Gasteiger partial charge >= 0.3 is 0 Å². The van der Waals surface area contributed by atoms with Crippen LogP contribution in [0.5, 0.6) is 0 Å². The molecule has 0 amide bonds. The molecule has 2 saturated heterocycles. The van der Waals surface area contributed by atoms with E-state index in [2.05, 4.69) is 30.6 Å². The summed E-state index contributed by atoms with van der Waals surface area (Å²) in [5.74, 6) is 0. The predicted molar refractivity (Wildman–Crippen MR) is 79.3 cm³/mol. The molecule has 4 nitrogen and oxygen atoms in total. The Bertz CT molecular complexity index is 275. The third kappa shape index (κ3) is 3.48. The van der Waals surface area contributed by atoms with Gasteiger partial charge in [0, 0.05) is 50.9 Å². The van der Waals surface area contributed by atoms with Crippen molar-refractivity contribution >= 4 is 0 Å². The number of ether oxygens (including phenoxy) is 1. The van der Waals surface area contributed by atoms with Crippen LogP contribution in [0.3, 0.4) is 0 Å². The summed E-state index contributed by atoms with van der Waals surface area (Å²) in [6.07, 6.45) is 3.89. The van der Waals surface area contributed by atoms with Crippen LogP contribution in [0.4, 0.5) is 0 Å². The maximum absolute atomic E-state index is 6.19. The molecule has 0 bridgehead atoms. The van der Waals surface area contributed by atoms with Crippen molar-refractivity contribution in [1.82, 2.24) is 9.80 Å². The second-order valence-electron chi connectivity index (χ2n) is 6.54. The summed E-state index contributed by atoms with van der Waals surface area (Å²) in [7, 11) is 0. The molecular formula is C15H31N3O. The van der Waals surface area contributed by atoms with E-state index in [4.69, 9.17) is 10.5 Å². The first-order valence-electron chi connectivity index (χ1n) is 7.88. The lowest BCUT2D eigenvalue weighted by atomic mass is 9.84. The van der Waals surface area contributed by atoms with Crippen molar-refractivity contribution in [3.05, 3.63) is 0 Å². The van der Waals surface area contributed by atoms with Gasteiger partial charge in [-0.3, -0.25) is 4.90 Å². The molecule has 0 saturated carbocycles. The van der Waals surface area contributed by atoms with Crippen molar-refractivity contribution in [3.63, 3.8) is 0 Å². The summed E-state index contributed by atoms with van der Waals surface area (Å²) >= 11 is 0. The van der Waals surface area contributed by atoms with Crippen molar-refractivity contribution in [2.24, 2.45) is 5.73 Å². The van der Waals surface area contributed by atoms with E-state index in [0.717, 1.165) is 32.7 Å². The monoisotopic (exact) mass is 269 g/mol. The van der Waals surface area contributed by atoms with Crippen LogP contribution in [0.2, 0.25) is 0 Å². The Labute approximate surface area is 118 Å². The zero-order chi connectivity index (χ0) is 13.9. The molecule has 1 unspecified atom stereocenters. The maximum atomic E-state index is 6.19. The normalized spacial score (nSPS) is 30.5. The van der Waals surface area contributed by atoms with Gasteiger partial charge < -0.3 is 15.4 Å². The average Bonchev–Trinajstić information content (AvgIpc) is 2.63. The number of hydrogen-bond donors (Lipinski definition) is 1. The van der Waals surface area contributed by atoms with Crippen LogP contribution in [0.1, 0.15) is 40.0 Å². The first kappa shape index (κ1) is 15.2. The molecule has 0 aromatic carbocycles. The number of piperidine rings is 1. The minimum Gasteiger partial charge on any atom is -0.377 e. The molecule has 2 aliphatic rings. The zero-order valence-corrected chi connectivity index (χ0v) is 12.9. The fraction of sp³-hybridized carbons (Fsp3) is 1.00. The lowest BCUT2D eigenvalue weighted by Crippen LogP contribution is -2.61. The number of nitrogens with two attached hydrogens (primary N) is 1. The Morgan fingerprint density at radius 2 is 1.95 bits per heavy atom. The largest absolute Gasteiger partial charge is 0.377 e. The van der Waals surface area contributed by atoms with E-state index in [1.165, 1.54) is 25.9 Å². The van der Waals surface area contributed by atoms with E-state index in [-0.39, 0.29) is 5.54 Å². The van der Waals surface area contributed by atoms with Crippen molar-refractivity contribution in [1.29, 1.82) is 0 Å². The smallest absolute Gasteiger partial charge is 0.0674 e. The second kappa shape index (κ2) is 6.53. The highest BCUT2D eigenvalue weighted by Gasteiger charge is 2.39. The van der Waals surface area contributed by atoms with Crippen molar-refractivity contribution in [2.75, 3.05) is 39.3 Å². The van der Waals surface area contributed by atoms with Gasteiger partial charge in [-0.2, -0.15) is 0 Å². The van der Waals surface area contributed by atoms with E-state index in [1.54, 1.807) is 0 Å². The molecule has 2 N–H and O–H groups in total. The number of likely N-dealkylation sites (tertiary alicyclic amines) is 1. The van der Waals surface area contributed by atoms with E-state index in [9.17, 15) is 0 Å². The number of nitrogens with zero attached hydrogens (tertiary/aromatic N) is 2. The Morgan fingerprint density at radius 3 is 2.53 bits per heavy atom. The van der Waals surface area contributed by atoms with Gasteiger partial charge in [0.2, 0.25) is 0 Å². The van der Waals surface area contributed by atoms with Crippen molar-refractivity contribution in [2.45, 2.75) is 57.7 Å². The summed E-state index contributed by atoms with van der Waals surface area (Å²) in [6.45, 7) is 13.0. The van der Waals surface area contributed by atoms with Crippen LogP contribution in [-0.2, 0) is 4.74 Å². The highest BCUT2D eigenvalue weighted by Crippen LogP contribution is 2.30. The predicted octanol–water partition coefficient (Wildman–Crippen LogP) is 1.30. The van der Waals surface area contributed by atoms with Gasteiger partial charge in [-0.25, -0.2) is 0 Å². The minimum atomic E-state index is 0.216. The molecule has 0 aliphatic carbocycles. The SMILES string of the molecule is CC1CN(C2(CN)CCN(C(C)C)CC2)CCCO1. The Kier molecular flexibility index (Phi) is 5.23. The average molecular weight is 269 g/mol. The van der Waals surface area contributed by atoms with Gasteiger partial charge in [0.25, 0.3) is 0 Å². The molecule has 19 heavy (non-hydrogen) atoms. The first-order chi connectivity index (χ1) is 9.07. The summed E-state index contributed by atoms with van der Waals surface area (Å²) < 4.78 is 5.78. The highest BCUT2D eigenvalue weighted by atomic mass is 16.5. The fourth-order valence-electron chi connectivity index (χ4n) is 3.53. The van der Waals surface area contributed by atoms with Crippen LogP contribution in [-0.4, -0.2) is 66.8 Å². The molecule has 2 rings (SSSR count). The lowest BCUT2D eigenvalue weighted by molar-refractivity contribution is -0.000665. The molecule has 0 spiro atoms. The summed E-state index contributed by atoms with van der Waals surface area (Å²) in [6, 6.07) is 0.655. The fourth-order valence-corrected chi connectivity index (χ4v) is 3.53. The summed E-state index contributed by atoms with van der Waals surface area (Å²) in [5.41, 5.74) is 6.40. The minimum absolute atomic E-state index is 0.216. The third-order valence-corrected chi connectivity index (χ3v) is 4.96. The van der Waals surface area contributed by atoms with Gasteiger partial charge in [-0.05, 0) is 40.0 Å². The molecule has 0 aromatic heterocycles. The van der Waals surface area contributed by atoms with E-state index in [1.807, 2.05) is 0 Å². The van der Waals surface area contributed by atoms with Gasteiger partial charge in [-0.1, -0.05) is 0 Å². The quantitative estimate of drug-likeness (QED) is 0.838. The molecule has 1 atom stereocenters. The molecular weight excluding hydrogens is 238 g/mol. The number of rotatable bonds is 3. The summed E-state index contributed by atoms with van der Waals surface area (Å²) in [4.78, 5) is 5.20. The van der Waals surface area contributed by atoms with E-state index < -0.39 is 0 Å². The standard InChI is InChI=1S/C15H31N3O/c1-13(2)17-8-5-15(12-16,6-9-17)18-7-4-10-19-14(3)11-18/h13-14H,4-12,16H2,1-3H3. The molecule has 4 heteroatoms. The second-order valence-corrected chi connectivity index (χ2v) is 6.54. The van der Waals surface area contributed by atoms with Gasteiger partial charge in [-0.15, -0.1) is 0 Å². The molecule has 0 aromatic rings. The van der Waals surface area contributed by atoms with Crippen molar-refractivity contribution in [3.8, 4) is 0 Å². The van der Waals surface area contributed by atoms with E-state index >= 15 is 0 Å². The molecule has 0 radical (unpaired) electrons. The first-order valence-corrected chi connectivity index (χ1v) is 7.88. The molecule has 2 fully saturated rings. The topological polar surface area (TPSA) is 41.7 Å². The van der Waals surface area contributed by atoms with Crippen LogP contribution in [0.25, 0.3) is 0 Å². The van der Waals surface area contributed by atoms with Gasteiger partial charge in [0.05, 0.1) is 6.10 Å². The molecule has 112 valence electrons. The lowest BCUT2D eigenvalue weighted by Gasteiger charge is -2.49. The van der Waals surface area contributed by atoms with Crippen molar-refractivity contribution < 1.29 is 4.74 Å². The highest BCUT2D eigenvalue weighted by molar-refractivity contribution is 4.97. The zero-order valence-electron chi connectivity index (χ0n) is 12.9. The Balaban J connectivity index is 2.02. The van der Waals surface area contributed by atoms with Crippen LogP contribution >= 0.6 is 0 Å². The third-order valence-electron chi connectivity index (χ3n) is 4.96. The van der Waals surface area contributed by atoms with Crippen LogP contribution < -0.4 is 5.73 Å². The van der Waals surface area contributed by atoms with Gasteiger partial charge in [0.1, 0.15) is 0 Å². The maximum Gasteiger partial charge on any atom is 0.0674 e. The Morgan fingerprint density at radius 1 is 1.26 bits per heavy atom. The van der Waals surface area contributed by atoms with Crippen LogP contribution in [0, 0.1) is 0 Å². The molecule has 2 aliphatic heterocycles. The van der Waals surface area contributed by atoms with E-state index in [0.29, 0.717) is 12.1 Å². The summed E-state index contributed by atoms with van der Waals surface area (Å²) in [5, 5.41) is 0. The number of hydrogen-bond acceptors (Lipinski definition) is 4.